The maximum absolute atomic E-state index is 5.77. The van der Waals surface area contributed by atoms with E-state index < -0.39 is 0 Å². The zero-order valence-corrected chi connectivity index (χ0v) is 12.2. The molecule has 0 saturated carbocycles. The standard InChI is InChI=1S/C13H24N2OS/c1-5-8-11(16-7-3)13-15-10(4)12(17-13)9-14-6-2/h11,14H,5-9H2,1-4H3. The van der Waals surface area contributed by atoms with Crippen molar-refractivity contribution in [2.45, 2.75) is 53.2 Å². The summed E-state index contributed by atoms with van der Waals surface area (Å²) in [6, 6.07) is 0. The Labute approximate surface area is 109 Å². The topological polar surface area (TPSA) is 34.1 Å². The summed E-state index contributed by atoms with van der Waals surface area (Å²) in [6.07, 6.45) is 2.37. The molecule has 0 bridgehead atoms. The van der Waals surface area contributed by atoms with Gasteiger partial charge >= 0.3 is 0 Å². The molecule has 0 saturated heterocycles. The monoisotopic (exact) mass is 256 g/mol. The third kappa shape index (κ3) is 4.37. The highest BCUT2D eigenvalue weighted by Gasteiger charge is 2.16. The summed E-state index contributed by atoms with van der Waals surface area (Å²) in [6.45, 7) is 11.1. The van der Waals surface area contributed by atoms with Gasteiger partial charge in [0.1, 0.15) is 11.1 Å². The van der Waals surface area contributed by atoms with Crippen molar-refractivity contribution in [1.29, 1.82) is 0 Å². The average Bonchev–Trinajstić information content (AvgIpc) is 2.68. The summed E-state index contributed by atoms with van der Waals surface area (Å²) in [5.41, 5.74) is 1.15. The number of nitrogens with zero attached hydrogens (tertiary/aromatic N) is 1. The summed E-state index contributed by atoms with van der Waals surface area (Å²) < 4.78 is 5.77. The molecule has 1 aromatic rings. The Balaban J connectivity index is 2.74. The zero-order chi connectivity index (χ0) is 12.7. The lowest BCUT2D eigenvalue weighted by molar-refractivity contribution is 0.0554. The van der Waals surface area contributed by atoms with E-state index in [0.29, 0.717) is 0 Å². The Hall–Kier alpha value is -0.450. The van der Waals surface area contributed by atoms with Gasteiger partial charge in [0, 0.05) is 18.0 Å². The zero-order valence-electron chi connectivity index (χ0n) is 11.4. The van der Waals surface area contributed by atoms with Crippen molar-refractivity contribution in [3.8, 4) is 0 Å². The minimum absolute atomic E-state index is 0.184. The molecule has 0 aliphatic heterocycles. The Morgan fingerprint density at radius 1 is 1.35 bits per heavy atom. The summed E-state index contributed by atoms with van der Waals surface area (Å²) in [7, 11) is 0. The van der Waals surface area contributed by atoms with E-state index in [-0.39, 0.29) is 6.10 Å². The highest BCUT2D eigenvalue weighted by Crippen LogP contribution is 2.29. The molecule has 1 heterocycles. The third-order valence-electron chi connectivity index (χ3n) is 2.64. The summed E-state index contributed by atoms with van der Waals surface area (Å²) in [5.74, 6) is 0. The average molecular weight is 256 g/mol. The van der Waals surface area contributed by atoms with Crippen molar-refractivity contribution >= 4 is 11.3 Å². The van der Waals surface area contributed by atoms with Gasteiger partial charge in [0.2, 0.25) is 0 Å². The van der Waals surface area contributed by atoms with Crippen LogP contribution in [0.3, 0.4) is 0 Å². The van der Waals surface area contributed by atoms with E-state index in [0.717, 1.165) is 43.2 Å². The van der Waals surface area contributed by atoms with Gasteiger partial charge in [-0.3, -0.25) is 0 Å². The van der Waals surface area contributed by atoms with Crippen LogP contribution in [0.15, 0.2) is 0 Å². The van der Waals surface area contributed by atoms with E-state index in [1.807, 2.05) is 6.92 Å². The van der Waals surface area contributed by atoms with E-state index in [2.05, 4.69) is 31.1 Å². The quantitative estimate of drug-likeness (QED) is 0.773. The van der Waals surface area contributed by atoms with E-state index in [1.54, 1.807) is 11.3 Å². The van der Waals surface area contributed by atoms with Crippen LogP contribution >= 0.6 is 11.3 Å². The Morgan fingerprint density at radius 2 is 2.12 bits per heavy atom. The lowest BCUT2D eigenvalue weighted by Crippen LogP contribution is -2.11. The number of ether oxygens (including phenoxy) is 1. The van der Waals surface area contributed by atoms with Crippen LogP contribution in [0, 0.1) is 6.92 Å². The maximum atomic E-state index is 5.77. The molecule has 0 aliphatic carbocycles. The summed E-state index contributed by atoms with van der Waals surface area (Å²) in [5, 5.41) is 4.49. The second-order valence-corrected chi connectivity index (χ2v) is 5.19. The minimum Gasteiger partial charge on any atom is -0.371 e. The van der Waals surface area contributed by atoms with E-state index in [1.165, 1.54) is 4.88 Å². The van der Waals surface area contributed by atoms with Gasteiger partial charge in [-0.15, -0.1) is 11.3 Å². The Kier molecular flexibility index (Phi) is 6.70. The summed E-state index contributed by atoms with van der Waals surface area (Å²) in [4.78, 5) is 5.99. The molecular formula is C13H24N2OS. The van der Waals surface area contributed by atoms with Gasteiger partial charge < -0.3 is 10.1 Å². The van der Waals surface area contributed by atoms with Gasteiger partial charge in [0.15, 0.2) is 0 Å². The molecule has 0 fully saturated rings. The number of aryl methyl sites for hydroxylation is 1. The number of aromatic nitrogens is 1. The number of hydrogen-bond donors (Lipinski definition) is 1. The van der Waals surface area contributed by atoms with Crippen LogP contribution in [0.25, 0.3) is 0 Å². The minimum atomic E-state index is 0.184. The Morgan fingerprint density at radius 3 is 2.71 bits per heavy atom. The van der Waals surface area contributed by atoms with Crippen LogP contribution in [-0.2, 0) is 11.3 Å². The molecule has 0 radical (unpaired) electrons. The predicted molar refractivity (Wildman–Crippen MR) is 73.5 cm³/mol. The fourth-order valence-corrected chi connectivity index (χ4v) is 2.85. The first-order chi connectivity index (χ1) is 8.22. The molecule has 0 spiro atoms. The van der Waals surface area contributed by atoms with Crippen molar-refractivity contribution in [3.05, 3.63) is 15.6 Å². The van der Waals surface area contributed by atoms with E-state index in [4.69, 9.17) is 4.74 Å². The lowest BCUT2D eigenvalue weighted by Gasteiger charge is -2.12. The van der Waals surface area contributed by atoms with Crippen LogP contribution in [0.1, 0.15) is 55.3 Å². The molecule has 0 aliphatic rings. The van der Waals surface area contributed by atoms with Gasteiger partial charge in [-0.05, 0) is 26.8 Å². The molecule has 1 rings (SSSR count). The third-order valence-corrected chi connectivity index (χ3v) is 3.89. The van der Waals surface area contributed by atoms with Gasteiger partial charge in [-0.2, -0.15) is 0 Å². The van der Waals surface area contributed by atoms with Gasteiger partial charge in [-0.25, -0.2) is 4.98 Å². The molecule has 4 heteroatoms. The van der Waals surface area contributed by atoms with Crippen LogP contribution < -0.4 is 5.32 Å². The first-order valence-corrected chi connectivity index (χ1v) is 7.33. The fourth-order valence-electron chi connectivity index (χ4n) is 1.73. The van der Waals surface area contributed by atoms with Crippen LogP contribution in [-0.4, -0.2) is 18.1 Å². The molecule has 1 aromatic heterocycles. The van der Waals surface area contributed by atoms with Crippen molar-refractivity contribution in [2.75, 3.05) is 13.2 Å². The Bertz CT molecular complexity index is 319. The molecule has 3 nitrogen and oxygen atoms in total. The normalized spacial score (nSPS) is 12.9. The van der Waals surface area contributed by atoms with Gasteiger partial charge in [0.05, 0.1) is 5.69 Å². The second kappa shape index (κ2) is 7.80. The van der Waals surface area contributed by atoms with Gasteiger partial charge in [-0.1, -0.05) is 20.3 Å². The van der Waals surface area contributed by atoms with Crippen molar-refractivity contribution in [3.63, 3.8) is 0 Å². The molecular weight excluding hydrogens is 232 g/mol. The largest absolute Gasteiger partial charge is 0.371 e. The molecule has 17 heavy (non-hydrogen) atoms. The fraction of sp³-hybridized carbons (Fsp3) is 0.769. The molecule has 1 unspecified atom stereocenters. The second-order valence-electron chi connectivity index (χ2n) is 4.07. The maximum Gasteiger partial charge on any atom is 0.122 e. The SMILES string of the molecule is CCCC(OCC)c1nc(C)c(CNCC)s1. The smallest absolute Gasteiger partial charge is 0.122 e. The molecule has 0 amide bonds. The highest BCUT2D eigenvalue weighted by atomic mass is 32.1. The van der Waals surface area contributed by atoms with Gasteiger partial charge in [0.25, 0.3) is 0 Å². The van der Waals surface area contributed by atoms with Crippen molar-refractivity contribution in [1.82, 2.24) is 10.3 Å². The van der Waals surface area contributed by atoms with Crippen molar-refractivity contribution < 1.29 is 4.74 Å². The van der Waals surface area contributed by atoms with Crippen LogP contribution in [0.2, 0.25) is 0 Å². The molecule has 1 N–H and O–H groups in total. The van der Waals surface area contributed by atoms with E-state index >= 15 is 0 Å². The van der Waals surface area contributed by atoms with Crippen LogP contribution in [0.5, 0.6) is 0 Å². The number of nitrogens with one attached hydrogen (secondary N) is 1. The molecule has 0 aromatic carbocycles. The lowest BCUT2D eigenvalue weighted by atomic mass is 10.2. The number of hydrogen-bond acceptors (Lipinski definition) is 4. The highest BCUT2D eigenvalue weighted by molar-refractivity contribution is 7.11. The van der Waals surface area contributed by atoms with E-state index in [9.17, 15) is 0 Å². The first kappa shape index (κ1) is 14.6. The first-order valence-electron chi connectivity index (χ1n) is 6.51. The predicted octanol–water partition coefficient (Wildman–Crippen LogP) is 3.44. The van der Waals surface area contributed by atoms with Crippen molar-refractivity contribution in [2.24, 2.45) is 0 Å². The van der Waals surface area contributed by atoms with Crippen LogP contribution in [0.4, 0.5) is 0 Å². The number of rotatable bonds is 8. The number of thiazole rings is 1. The molecule has 98 valence electrons. The molecule has 1 atom stereocenters. The summed E-state index contributed by atoms with van der Waals surface area (Å²) >= 11 is 1.79.